The lowest BCUT2D eigenvalue weighted by Gasteiger charge is -2.18. The van der Waals surface area contributed by atoms with Gasteiger partial charge >= 0.3 is 0 Å². The molecule has 3 rings (SSSR count). The largest absolute Gasteiger partial charge is 0.361 e. The van der Waals surface area contributed by atoms with Gasteiger partial charge in [0.15, 0.2) is 0 Å². The summed E-state index contributed by atoms with van der Waals surface area (Å²) in [6.45, 7) is 6.59. The molecular weight excluding hydrogens is 370 g/mol. The number of likely N-dealkylation sites (N-methyl/N-ethyl adjacent to an activating group) is 1. The highest BCUT2D eigenvalue weighted by molar-refractivity contribution is 9.10. The predicted molar refractivity (Wildman–Crippen MR) is 96.8 cm³/mol. The maximum atomic E-state index is 12.7. The highest BCUT2D eigenvalue weighted by Crippen LogP contribution is 2.30. The van der Waals surface area contributed by atoms with E-state index in [1.165, 1.54) is 0 Å². The lowest BCUT2D eigenvalue weighted by Crippen LogP contribution is -2.30. The van der Waals surface area contributed by atoms with E-state index in [0.29, 0.717) is 13.1 Å². The zero-order valence-electron chi connectivity index (χ0n) is 14.3. The van der Waals surface area contributed by atoms with Crippen LogP contribution < -0.4 is 0 Å². The van der Waals surface area contributed by atoms with Crippen molar-refractivity contribution >= 4 is 32.7 Å². The molecule has 0 saturated carbocycles. The van der Waals surface area contributed by atoms with Gasteiger partial charge in [0.25, 0.3) is 0 Å². The van der Waals surface area contributed by atoms with Crippen LogP contribution in [0, 0.1) is 20.8 Å². The molecule has 2 heterocycles. The Kier molecular flexibility index (Phi) is 4.49. The standard InChI is InChI=1S/C18H20BrN3O2/c1-11-15(13(3)24-20-11)9-21(4)17(23)10-22-12(2)18(19)14-7-5-6-8-16(14)22/h5-8H,9-10H2,1-4H3. The quantitative estimate of drug-likeness (QED) is 0.677. The summed E-state index contributed by atoms with van der Waals surface area (Å²) in [6, 6.07) is 8.08. The van der Waals surface area contributed by atoms with E-state index in [1.54, 1.807) is 4.90 Å². The molecule has 0 fully saturated rings. The van der Waals surface area contributed by atoms with Gasteiger partial charge in [0.1, 0.15) is 12.3 Å². The number of rotatable bonds is 4. The van der Waals surface area contributed by atoms with Gasteiger partial charge in [-0.3, -0.25) is 4.79 Å². The first kappa shape index (κ1) is 16.8. The summed E-state index contributed by atoms with van der Waals surface area (Å²) in [5, 5.41) is 5.07. The Bertz CT molecular complexity index is 891. The Balaban J connectivity index is 1.84. The van der Waals surface area contributed by atoms with Gasteiger partial charge in [0.2, 0.25) is 5.91 Å². The number of aryl methyl sites for hydroxylation is 2. The fraction of sp³-hybridized carbons (Fsp3) is 0.333. The molecule has 1 aromatic carbocycles. The number of benzene rings is 1. The molecule has 0 atom stereocenters. The number of nitrogens with zero attached hydrogens (tertiary/aromatic N) is 3. The highest BCUT2D eigenvalue weighted by Gasteiger charge is 2.18. The molecule has 24 heavy (non-hydrogen) atoms. The number of hydrogen-bond donors (Lipinski definition) is 0. The molecule has 0 unspecified atom stereocenters. The van der Waals surface area contributed by atoms with E-state index in [9.17, 15) is 4.79 Å². The van der Waals surface area contributed by atoms with Crippen molar-refractivity contribution in [3.8, 4) is 0 Å². The van der Waals surface area contributed by atoms with Crippen LogP contribution in [-0.4, -0.2) is 27.6 Å². The molecule has 0 saturated heterocycles. The van der Waals surface area contributed by atoms with E-state index >= 15 is 0 Å². The Morgan fingerprint density at radius 1 is 1.29 bits per heavy atom. The first-order valence-corrected chi connectivity index (χ1v) is 8.58. The van der Waals surface area contributed by atoms with Gasteiger partial charge in [-0.15, -0.1) is 0 Å². The van der Waals surface area contributed by atoms with E-state index in [-0.39, 0.29) is 5.91 Å². The summed E-state index contributed by atoms with van der Waals surface area (Å²) in [4.78, 5) is 14.4. The third-order valence-corrected chi connectivity index (χ3v) is 5.45. The van der Waals surface area contributed by atoms with Gasteiger partial charge in [0.05, 0.1) is 12.2 Å². The number of halogens is 1. The SMILES string of the molecule is Cc1noc(C)c1CN(C)C(=O)Cn1c(C)c(Br)c2ccccc21. The molecule has 0 spiro atoms. The van der Waals surface area contributed by atoms with Crippen molar-refractivity contribution in [2.24, 2.45) is 0 Å². The molecule has 0 aliphatic heterocycles. The number of aromatic nitrogens is 2. The molecule has 5 nitrogen and oxygen atoms in total. The number of para-hydroxylation sites is 1. The van der Waals surface area contributed by atoms with Crippen LogP contribution >= 0.6 is 15.9 Å². The Morgan fingerprint density at radius 2 is 2.00 bits per heavy atom. The minimum atomic E-state index is 0.0475. The monoisotopic (exact) mass is 389 g/mol. The second kappa shape index (κ2) is 6.43. The summed E-state index contributed by atoms with van der Waals surface area (Å²) in [6.07, 6.45) is 0. The average Bonchev–Trinajstić information content (AvgIpc) is 3.01. The van der Waals surface area contributed by atoms with Gasteiger partial charge < -0.3 is 14.0 Å². The maximum absolute atomic E-state index is 12.7. The summed E-state index contributed by atoms with van der Waals surface area (Å²) in [5.74, 6) is 0.809. The van der Waals surface area contributed by atoms with Crippen molar-refractivity contribution < 1.29 is 9.32 Å². The summed E-state index contributed by atoms with van der Waals surface area (Å²) in [7, 11) is 1.81. The molecule has 126 valence electrons. The van der Waals surface area contributed by atoms with E-state index in [2.05, 4.69) is 27.2 Å². The fourth-order valence-electron chi connectivity index (χ4n) is 2.90. The lowest BCUT2D eigenvalue weighted by atomic mass is 10.2. The molecule has 0 aliphatic rings. The Labute approximate surface area is 149 Å². The fourth-order valence-corrected chi connectivity index (χ4v) is 3.45. The number of carbonyl (C=O) groups excluding carboxylic acids is 1. The van der Waals surface area contributed by atoms with Crippen molar-refractivity contribution in [3.63, 3.8) is 0 Å². The van der Waals surface area contributed by atoms with Gasteiger partial charge in [-0.05, 0) is 42.8 Å². The zero-order valence-corrected chi connectivity index (χ0v) is 15.8. The summed E-state index contributed by atoms with van der Waals surface area (Å²) < 4.78 is 8.26. The normalized spacial score (nSPS) is 11.2. The van der Waals surface area contributed by atoms with Crippen LogP contribution in [0.5, 0.6) is 0 Å². The zero-order chi connectivity index (χ0) is 17.4. The van der Waals surface area contributed by atoms with Gasteiger partial charge in [-0.25, -0.2) is 0 Å². The maximum Gasteiger partial charge on any atom is 0.242 e. The summed E-state index contributed by atoms with van der Waals surface area (Å²) >= 11 is 3.63. The lowest BCUT2D eigenvalue weighted by molar-refractivity contribution is -0.131. The van der Waals surface area contributed by atoms with Crippen LogP contribution in [0.3, 0.4) is 0 Å². The van der Waals surface area contributed by atoms with Gasteiger partial charge in [-0.1, -0.05) is 23.4 Å². The molecule has 2 aromatic heterocycles. The van der Waals surface area contributed by atoms with E-state index in [0.717, 1.165) is 38.1 Å². The Hall–Kier alpha value is -2.08. The first-order chi connectivity index (χ1) is 11.4. The van der Waals surface area contributed by atoms with E-state index in [1.807, 2.05) is 50.6 Å². The number of carbonyl (C=O) groups is 1. The van der Waals surface area contributed by atoms with Crippen LogP contribution in [0.25, 0.3) is 10.9 Å². The molecular formula is C18H20BrN3O2. The predicted octanol–water partition coefficient (Wildman–Crippen LogP) is 3.98. The van der Waals surface area contributed by atoms with Crippen LogP contribution in [0.2, 0.25) is 0 Å². The highest BCUT2D eigenvalue weighted by atomic mass is 79.9. The minimum Gasteiger partial charge on any atom is -0.361 e. The minimum absolute atomic E-state index is 0.0475. The van der Waals surface area contributed by atoms with Crippen molar-refractivity contribution in [2.75, 3.05) is 7.05 Å². The van der Waals surface area contributed by atoms with Crippen LogP contribution in [-0.2, 0) is 17.9 Å². The molecule has 1 amide bonds. The number of hydrogen-bond acceptors (Lipinski definition) is 3. The van der Waals surface area contributed by atoms with Gasteiger partial charge in [0, 0.05) is 33.7 Å². The van der Waals surface area contributed by atoms with Crippen molar-refractivity contribution in [1.29, 1.82) is 0 Å². The van der Waals surface area contributed by atoms with Crippen molar-refractivity contribution in [1.82, 2.24) is 14.6 Å². The topological polar surface area (TPSA) is 51.3 Å². The van der Waals surface area contributed by atoms with Crippen LogP contribution in [0.4, 0.5) is 0 Å². The van der Waals surface area contributed by atoms with Gasteiger partial charge in [-0.2, -0.15) is 0 Å². The smallest absolute Gasteiger partial charge is 0.242 e. The third-order valence-electron chi connectivity index (χ3n) is 4.45. The molecule has 3 aromatic rings. The second-order valence-electron chi connectivity index (χ2n) is 6.06. The second-order valence-corrected chi connectivity index (χ2v) is 6.85. The molecule has 0 radical (unpaired) electrons. The molecule has 0 N–H and O–H groups in total. The number of fused-ring (bicyclic) bond motifs is 1. The molecule has 6 heteroatoms. The third kappa shape index (κ3) is 2.86. The molecule has 0 bridgehead atoms. The van der Waals surface area contributed by atoms with Crippen molar-refractivity contribution in [3.05, 3.63) is 51.4 Å². The average molecular weight is 390 g/mol. The Morgan fingerprint density at radius 3 is 2.67 bits per heavy atom. The summed E-state index contributed by atoms with van der Waals surface area (Å²) in [5.41, 5.74) is 3.91. The van der Waals surface area contributed by atoms with E-state index in [4.69, 9.17) is 4.52 Å². The van der Waals surface area contributed by atoms with Crippen LogP contribution in [0.15, 0.2) is 33.3 Å². The first-order valence-electron chi connectivity index (χ1n) is 7.79. The number of amides is 1. The van der Waals surface area contributed by atoms with Crippen molar-refractivity contribution in [2.45, 2.75) is 33.9 Å². The van der Waals surface area contributed by atoms with Crippen LogP contribution in [0.1, 0.15) is 22.7 Å². The van der Waals surface area contributed by atoms with E-state index < -0.39 is 0 Å². The molecule has 0 aliphatic carbocycles.